The summed E-state index contributed by atoms with van der Waals surface area (Å²) in [5.41, 5.74) is 0.462. The van der Waals surface area contributed by atoms with E-state index in [0.29, 0.717) is 44.5 Å². The predicted molar refractivity (Wildman–Crippen MR) is 85.6 cm³/mol. The van der Waals surface area contributed by atoms with Gasteiger partial charge in [0, 0.05) is 38.4 Å². The first-order valence-corrected chi connectivity index (χ1v) is 8.06. The summed E-state index contributed by atoms with van der Waals surface area (Å²) in [5.74, 6) is 1.06. The summed E-state index contributed by atoms with van der Waals surface area (Å²) in [6.07, 6.45) is 5.07. The quantitative estimate of drug-likeness (QED) is 0.837. The molecule has 2 saturated heterocycles. The van der Waals surface area contributed by atoms with Gasteiger partial charge in [-0.3, -0.25) is 14.5 Å². The molecule has 2 aliphatic rings. The summed E-state index contributed by atoms with van der Waals surface area (Å²) < 4.78 is 13.3. The van der Waals surface area contributed by atoms with Crippen LogP contribution in [0, 0.1) is 11.3 Å². The highest BCUT2D eigenvalue weighted by Crippen LogP contribution is 2.42. The highest BCUT2D eigenvalue weighted by molar-refractivity contribution is 5.92. The number of carbonyl (C=O) groups is 1. The molecule has 0 unspecified atom stereocenters. The number of fused-ring (bicyclic) bond motifs is 1. The van der Waals surface area contributed by atoms with Crippen molar-refractivity contribution in [3.8, 4) is 5.75 Å². The average molecular weight is 328 g/mol. The van der Waals surface area contributed by atoms with Gasteiger partial charge in [-0.2, -0.15) is 5.10 Å². The Hall–Kier alpha value is -2.41. The molecule has 0 N–H and O–H groups in total. The summed E-state index contributed by atoms with van der Waals surface area (Å²) in [6, 6.07) is 5.50. The minimum Gasteiger partial charge on any atom is -0.491 e. The fourth-order valence-corrected chi connectivity index (χ4v) is 3.60. The molecule has 7 nitrogen and oxygen atoms in total. The summed E-state index contributed by atoms with van der Waals surface area (Å²) in [4.78, 5) is 18.7. The largest absolute Gasteiger partial charge is 0.491 e. The van der Waals surface area contributed by atoms with Crippen LogP contribution >= 0.6 is 0 Å². The van der Waals surface area contributed by atoms with Crippen molar-refractivity contribution >= 4 is 5.91 Å². The van der Waals surface area contributed by atoms with Crippen molar-refractivity contribution in [1.82, 2.24) is 19.7 Å². The molecular formula is C17H20N4O3. The van der Waals surface area contributed by atoms with Gasteiger partial charge in [-0.05, 0) is 18.2 Å². The molecule has 1 amide bonds. The van der Waals surface area contributed by atoms with Gasteiger partial charge in [0.05, 0.1) is 31.4 Å². The van der Waals surface area contributed by atoms with Gasteiger partial charge >= 0.3 is 0 Å². The Morgan fingerprint density at radius 3 is 3.12 bits per heavy atom. The Balaban J connectivity index is 1.49. The van der Waals surface area contributed by atoms with Crippen LogP contribution < -0.4 is 4.74 Å². The minimum absolute atomic E-state index is 0.0187. The molecule has 7 heteroatoms. The van der Waals surface area contributed by atoms with Crippen LogP contribution in [0.25, 0.3) is 0 Å². The van der Waals surface area contributed by atoms with Gasteiger partial charge in [-0.1, -0.05) is 0 Å². The molecule has 2 atom stereocenters. The molecular weight excluding hydrogens is 308 g/mol. The second-order valence-corrected chi connectivity index (χ2v) is 6.58. The maximum Gasteiger partial charge on any atom is 0.272 e. The second kappa shape index (κ2) is 5.90. The molecule has 126 valence electrons. The molecule has 4 heterocycles. The number of aromatic nitrogens is 3. The molecule has 0 bridgehead atoms. The Morgan fingerprint density at radius 1 is 1.46 bits per heavy atom. The molecule has 2 aromatic rings. The minimum atomic E-state index is -0.149. The fraction of sp³-hybridized carbons (Fsp3) is 0.471. The first kappa shape index (κ1) is 15.1. The van der Waals surface area contributed by atoms with Crippen molar-refractivity contribution in [2.75, 3.05) is 32.9 Å². The van der Waals surface area contributed by atoms with Crippen LogP contribution in [0.3, 0.4) is 0 Å². The van der Waals surface area contributed by atoms with Crippen molar-refractivity contribution in [3.05, 3.63) is 42.5 Å². The number of likely N-dealkylation sites (tertiary alicyclic amines) is 1. The monoisotopic (exact) mass is 328 g/mol. The topological polar surface area (TPSA) is 69.5 Å². The summed E-state index contributed by atoms with van der Waals surface area (Å²) in [5, 5.41) is 4.09. The van der Waals surface area contributed by atoms with E-state index in [1.807, 2.05) is 17.0 Å². The lowest BCUT2D eigenvalue weighted by Gasteiger charge is -2.27. The van der Waals surface area contributed by atoms with Crippen LogP contribution in [0.15, 0.2) is 36.8 Å². The second-order valence-electron chi connectivity index (χ2n) is 6.58. The Kier molecular flexibility index (Phi) is 3.72. The first-order valence-electron chi connectivity index (χ1n) is 8.06. The highest BCUT2D eigenvalue weighted by Gasteiger charge is 2.52. The molecule has 4 rings (SSSR count). The molecule has 0 aliphatic carbocycles. The van der Waals surface area contributed by atoms with Crippen molar-refractivity contribution in [2.45, 2.75) is 0 Å². The van der Waals surface area contributed by atoms with Crippen LogP contribution in [0.5, 0.6) is 5.75 Å². The van der Waals surface area contributed by atoms with Crippen molar-refractivity contribution in [1.29, 1.82) is 0 Å². The number of hydrogen-bond acceptors (Lipinski definition) is 5. The van der Waals surface area contributed by atoms with Crippen molar-refractivity contribution in [2.24, 2.45) is 18.4 Å². The van der Waals surface area contributed by atoms with E-state index < -0.39 is 0 Å². The van der Waals surface area contributed by atoms with Crippen LogP contribution in [-0.2, 0) is 11.8 Å². The zero-order valence-corrected chi connectivity index (χ0v) is 13.6. The van der Waals surface area contributed by atoms with Gasteiger partial charge < -0.3 is 14.4 Å². The van der Waals surface area contributed by atoms with E-state index in [1.54, 1.807) is 36.4 Å². The third kappa shape index (κ3) is 2.54. The molecule has 24 heavy (non-hydrogen) atoms. The Labute approximate surface area is 140 Å². The first-order chi connectivity index (χ1) is 11.7. The Bertz CT molecular complexity index is 732. The van der Waals surface area contributed by atoms with E-state index in [2.05, 4.69) is 10.1 Å². The number of hydrogen-bond donors (Lipinski definition) is 0. The van der Waals surface area contributed by atoms with E-state index in [9.17, 15) is 4.79 Å². The molecule has 2 aliphatic heterocycles. The molecule has 0 aromatic carbocycles. The lowest BCUT2D eigenvalue weighted by Crippen LogP contribution is -2.38. The van der Waals surface area contributed by atoms with Crippen LogP contribution in [0.4, 0.5) is 0 Å². The molecule has 2 fully saturated rings. The van der Waals surface area contributed by atoms with E-state index in [0.717, 1.165) is 5.75 Å². The van der Waals surface area contributed by atoms with Gasteiger partial charge in [0.1, 0.15) is 11.4 Å². The third-order valence-electron chi connectivity index (χ3n) is 5.01. The van der Waals surface area contributed by atoms with Gasteiger partial charge in [0.2, 0.25) is 0 Å². The lowest BCUT2D eigenvalue weighted by atomic mass is 9.82. The number of carbonyl (C=O) groups excluding carboxylic acids is 1. The summed E-state index contributed by atoms with van der Waals surface area (Å²) in [6.45, 7) is 3.15. The summed E-state index contributed by atoms with van der Waals surface area (Å²) >= 11 is 0. The SMILES string of the molecule is Cn1nccc1C(=O)N1C[C@@H]2COC[C@]2(COc2cccnc2)C1. The van der Waals surface area contributed by atoms with Gasteiger partial charge in [-0.15, -0.1) is 0 Å². The molecule has 0 radical (unpaired) electrons. The lowest BCUT2D eigenvalue weighted by molar-refractivity contribution is 0.0651. The van der Waals surface area contributed by atoms with E-state index in [1.165, 1.54) is 0 Å². The van der Waals surface area contributed by atoms with E-state index in [4.69, 9.17) is 9.47 Å². The number of ether oxygens (including phenoxy) is 2. The van der Waals surface area contributed by atoms with Gasteiger partial charge in [0.25, 0.3) is 5.91 Å². The van der Waals surface area contributed by atoms with Crippen molar-refractivity contribution < 1.29 is 14.3 Å². The smallest absolute Gasteiger partial charge is 0.272 e. The fourth-order valence-electron chi connectivity index (χ4n) is 3.60. The number of rotatable bonds is 4. The van der Waals surface area contributed by atoms with Gasteiger partial charge in [0.15, 0.2) is 0 Å². The standard InChI is InChI=1S/C17H20N4O3/c1-20-15(4-6-19-20)16(22)21-8-13-9-23-11-17(13,10-21)12-24-14-3-2-5-18-7-14/h2-7,13H,8-12H2,1H3/t13-,17+/m1/s1. The van der Waals surface area contributed by atoms with E-state index in [-0.39, 0.29) is 11.3 Å². The zero-order valence-electron chi connectivity index (χ0n) is 13.6. The molecule has 0 saturated carbocycles. The molecule has 2 aromatic heterocycles. The van der Waals surface area contributed by atoms with Crippen molar-refractivity contribution in [3.63, 3.8) is 0 Å². The number of nitrogens with zero attached hydrogens (tertiary/aromatic N) is 4. The molecule has 0 spiro atoms. The zero-order chi connectivity index (χ0) is 16.6. The average Bonchev–Trinajstić information content (AvgIpc) is 3.27. The summed E-state index contributed by atoms with van der Waals surface area (Å²) in [7, 11) is 1.79. The van der Waals surface area contributed by atoms with Crippen LogP contribution in [0.2, 0.25) is 0 Å². The normalized spacial score (nSPS) is 25.7. The highest BCUT2D eigenvalue weighted by atomic mass is 16.5. The predicted octanol–water partition coefficient (Wildman–Crippen LogP) is 0.983. The number of pyridine rings is 1. The number of aryl methyl sites for hydroxylation is 1. The van der Waals surface area contributed by atoms with Gasteiger partial charge in [-0.25, -0.2) is 0 Å². The van der Waals surface area contributed by atoms with E-state index >= 15 is 0 Å². The third-order valence-corrected chi connectivity index (χ3v) is 5.01. The Morgan fingerprint density at radius 2 is 2.38 bits per heavy atom. The van der Waals surface area contributed by atoms with Crippen LogP contribution in [0.1, 0.15) is 10.5 Å². The maximum absolute atomic E-state index is 12.7. The maximum atomic E-state index is 12.7. The van der Waals surface area contributed by atoms with Crippen LogP contribution in [-0.4, -0.2) is 58.5 Å². The number of amides is 1.